The molecule has 0 bridgehead atoms. The van der Waals surface area contributed by atoms with Crippen molar-refractivity contribution in [2.75, 3.05) is 20.1 Å². The van der Waals surface area contributed by atoms with Crippen molar-refractivity contribution in [3.05, 3.63) is 15.5 Å². The van der Waals surface area contributed by atoms with Gasteiger partial charge in [0, 0.05) is 30.2 Å². The van der Waals surface area contributed by atoms with E-state index in [1.54, 1.807) is 11.3 Å². The van der Waals surface area contributed by atoms with Gasteiger partial charge in [-0.3, -0.25) is 4.90 Å². The van der Waals surface area contributed by atoms with E-state index < -0.39 is 0 Å². The van der Waals surface area contributed by atoms with E-state index in [9.17, 15) is 0 Å². The third-order valence-electron chi connectivity index (χ3n) is 2.59. The summed E-state index contributed by atoms with van der Waals surface area (Å²) in [7, 11) is 2.16. The van der Waals surface area contributed by atoms with E-state index >= 15 is 0 Å². The molecule has 1 aliphatic heterocycles. The number of likely N-dealkylation sites (N-methyl/N-ethyl adjacent to an activating group) is 1. The monoisotopic (exact) mass is 231 g/mol. The molecule has 0 aromatic carbocycles. The van der Waals surface area contributed by atoms with Gasteiger partial charge in [-0.2, -0.15) is 0 Å². The lowest BCUT2D eigenvalue weighted by Gasteiger charge is -2.22. The van der Waals surface area contributed by atoms with Crippen LogP contribution in [0.5, 0.6) is 0 Å². The number of hydrogen-bond acceptors (Lipinski definition) is 4. The molecule has 1 saturated heterocycles. The highest BCUT2D eigenvalue weighted by molar-refractivity contribution is 7.15. The second-order valence-electron chi connectivity index (χ2n) is 3.64. The number of hydrogen-bond donors (Lipinski definition) is 1. The van der Waals surface area contributed by atoms with Crippen molar-refractivity contribution in [1.82, 2.24) is 15.2 Å². The molecule has 1 atom stereocenters. The fourth-order valence-corrected chi connectivity index (χ4v) is 2.79. The minimum absolute atomic E-state index is 0.637. The van der Waals surface area contributed by atoms with Crippen LogP contribution in [0.25, 0.3) is 0 Å². The largest absolute Gasteiger partial charge is 0.315 e. The van der Waals surface area contributed by atoms with E-state index in [0.717, 1.165) is 19.6 Å². The number of rotatable bonds is 3. The van der Waals surface area contributed by atoms with Gasteiger partial charge in [-0.05, 0) is 20.0 Å². The molecule has 0 saturated carbocycles. The summed E-state index contributed by atoms with van der Waals surface area (Å²) in [5.41, 5.74) is 0. The van der Waals surface area contributed by atoms with Crippen LogP contribution >= 0.6 is 22.9 Å². The van der Waals surface area contributed by atoms with Crippen LogP contribution in [-0.2, 0) is 6.54 Å². The Hall–Kier alpha value is -0.160. The zero-order valence-corrected chi connectivity index (χ0v) is 9.74. The molecule has 78 valence electrons. The van der Waals surface area contributed by atoms with Gasteiger partial charge in [0.2, 0.25) is 0 Å². The van der Waals surface area contributed by atoms with Gasteiger partial charge < -0.3 is 5.32 Å². The van der Waals surface area contributed by atoms with Crippen LogP contribution in [0, 0.1) is 0 Å². The molecular weight excluding hydrogens is 218 g/mol. The van der Waals surface area contributed by atoms with Crippen molar-refractivity contribution < 1.29 is 0 Å². The lowest BCUT2D eigenvalue weighted by Crippen LogP contribution is -2.32. The maximum Gasteiger partial charge on any atom is 0.183 e. The van der Waals surface area contributed by atoms with Crippen molar-refractivity contribution in [2.24, 2.45) is 0 Å². The predicted molar refractivity (Wildman–Crippen MR) is 59.9 cm³/mol. The van der Waals surface area contributed by atoms with Crippen molar-refractivity contribution in [2.45, 2.75) is 19.0 Å². The summed E-state index contributed by atoms with van der Waals surface area (Å²) in [5.74, 6) is 0. The Bertz CT molecular complexity index is 296. The molecule has 1 aromatic heterocycles. The van der Waals surface area contributed by atoms with E-state index in [0.29, 0.717) is 10.5 Å². The number of aromatic nitrogens is 1. The van der Waals surface area contributed by atoms with E-state index in [-0.39, 0.29) is 0 Å². The minimum atomic E-state index is 0.637. The van der Waals surface area contributed by atoms with Gasteiger partial charge >= 0.3 is 0 Å². The van der Waals surface area contributed by atoms with Crippen LogP contribution in [0.2, 0.25) is 4.47 Å². The summed E-state index contributed by atoms with van der Waals surface area (Å²) in [6, 6.07) is 0.663. The molecule has 2 heterocycles. The number of nitrogens with zero attached hydrogens (tertiary/aromatic N) is 2. The van der Waals surface area contributed by atoms with Crippen molar-refractivity contribution in [3.63, 3.8) is 0 Å². The molecular formula is C9H14ClN3S. The van der Waals surface area contributed by atoms with Crippen LogP contribution in [-0.4, -0.2) is 36.1 Å². The Kier molecular flexibility index (Phi) is 3.38. The van der Waals surface area contributed by atoms with Crippen LogP contribution in [0.3, 0.4) is 0 Å². The summed E-state index contributed by atoms with van der Waals surface area (Å²) in [4.78, 5) is 7.64. The maximum absolute atomic E-state index is 5.78. The topological polar surface area (TPSA) is 28.2 Å². The number of thiazole rings is 1. The highest BCUT2D eigenvalue weighted by Gasteiger charge is 2.19. The molecule has 1 aliphatic rings. The lowest BCUT2D eigenvalue weighted by molar-refractivity contribution is 0.251. The zero-order valence-electron chi connectivity index (χ0n) is 8.16. The Balaban J connectivity index is 1.90. The maximum atomic E-state index is 5.78. The minimum Gasteiger partial charge on any atom is -0.315 e. The van der Waals surface area contributed by atoms with Crippen LogP contribution < -0.4 is 5.32 Å². The molecule has 14 heavy (non-hydrogen) atoms. The SMILES string of the molecule is CN(Cc1cnc(Cl)s1)[C@@H]1CCNC1. The summed E-state index contributed by atoms with van der Waals surface area (Å²) in [6.07, 6.45) is 3.11. The molecule has 0 spiro atoms. The Labute approximate surface area is 93.1 Å². The summed E-state index contributed by atoms with van der Waals surface area (Å²) >= 11 is 7.35. The third kappa shape index (κ3) is 2.45. The molecule has 0 unspecified atom stereocenters. The van der Waals surface area contributed by atoms with Gasteiger partial charge in [-0.15, -0.1) is 11.3 Å². The molecule has 0 amide bonds. The smallest absolute Gasteiger partial charge is 0.183 e. The molecule has 1 N–H and O–H groups in total. The van der Waals surface area contributed by atoms with Gasteiger partial charge in [0.1, 0.15) is 0 Å². The van der Waals surface area contributed by atoms with Crippen molar-refractivity contribution in [3.8, 4) is 0 Å². The summed E-state index contributed by atoms with van der Waals surface area (Å²) < 4.78 is 0.637. The number of nitrogens with one attached hydrogen (secondary N) is 1. The van der Waals surface area contributed by atoms with Gasteiger partial charge in [-0.1, -0.05) is 11.6 Å². The van der Waals surface area contributed by atoms with Crippen molar-refractivity contribution >= 4 is 22.9 Å². The molecule has 0 aliphatic carbocycles. The average molecular weight is 232 g/mol. The second kappa shape index (κ2) is 4.57. The Morgan fingerprint density at radius 1 is 1.79 bits per heavy atom. The predicted octanol–water partition coefficient (Wildman–Crippen LogP) is 1.59. The van der Waals surface area contributed by atoms with Gasteiger partial charge in [0.15, 0.2) is 4.47 Å². The lowest BCUT2D eigenvalue weighted by atomic mass is 10.2. The van der Waals surface area contributed by atoms with Gasteiger partial charge in [-0.25, -0.2) is 4.98 Å². The van der Waals surface area contributed by atoms with Crippen LogP contribution in [0.1, 0.15) is 11.3 Å². The second-order valence-corrected chi connectivity index (χ2v) is 5.34. The fourth-order valence-electron chi connectivity index (χ4n) is 1.75. The summed E-state index contributed by atoms with van der Waals surface area (Å²) in [5, 5.41) is 3.36. The molecule has 2 rings (SSSR count). The Morgan fingerprint density at radius 3 is 3.21 bits per heavy atom. The number of halogens is 1. The first-order valence-corrected chi connectivity index (χ1v) is 5.96. The average Bonchev–Trinajstić information content (AvgIpc) is 2.75. The molecule has 3 nitrogen and oxygen atoms in total. The quantitative estimate of drug-likeness (QED) is 0.857. The van der Waals surface area contributed by atoms with Gasteiger partial charge in [0.25, 0.3) is 0 Å². The van der Waals surface area contributed by atoms with E-state index in [4.69, 9.17) is 11.6 Å². The third-order valence-corrected chi connectivity index (χ3v) is 3.69. The summed E-state index contributed by atoms with van der Waals surface area (Å²) in [6.45, 7) is 3.19. The van der Waals surface area contributed by atoms with Crippen LogP contribution in [0.4, 0.5) is 0 Å². The fraction of sp³-hybridized carbons (Fsp3) is 0.667. The molecule has 5 heteroatoms. The highest BCUT2D eigenvalue weighted by Crippen LogP contribution is 2.20. The van der Waals surface area contributed by atoms with E-state index in [1.807, 2.05) is 6.20 Å². The molecule has 1 aromatic rings. The zero-order chi connectivity index (χ0) is 9.97. The van der Waals surface area contributed by atoms with E-state index in [2.05, 4.69) is 22.2 Å². The first-order chi connectivity index (χ1) is 6.75. The highest BCUT2D eigenvalue weighted by atomic mass is 35.5. The first kappa shape index (κ1) is 10.4. The normalized spacial score (nSPS) is 22.1. The molecule has 1 fully saturated rings. The molecule has 0 radical (unpaired) electrons. The first-order valence-electron chi connectivity index (χ1n) is 4.77. The van der Waals surface area contributed by atoms with Crippen molar-refractivity contribution in [1.29, 1.82) is 0 Å². The standard InChI is InChI=1S/C9H14ClN3S/c1-13(7-2-3-11-4-7)6-8-5-12-9(10)14-8/h5,7,11H,2-4,6H2,1H3/t7-/m1/s1. The van der Waals surface area contributed by atoms with Gasteiger partial charge in [0.05, 0.1) is 0 Å². The van der Waals surface area contributed by atoms with E-state index in [1.165, 1.54) is 11.3 Å². The Morgan fingerprint density at radius 2 is 2.64 bits per heavy atom. The van der Waals surface area contributed by atoms with Crippen LogP contribution in [0.15, 0.2) is 6.20 Å².